The van der Waals surface area contributed by atoms with E-state index in [9.17, 15) is 8.42 Å². The maximum absolute atomic E-state index is 13.7. The van der Waals surface area contributed by atoms with Gasteiger partial charge in [0.1, 0.15) is 5.75 Å². The number of piperidine rings is 1. The van der Waals surface area contributed by atoms with E-state index < -0.39 is 10.0 Å². The van der Waals surface area contributed by atoms with Crippen molar-refractivity contribution in [2.24, 2.45) is 0 Å². The third-order valence-corrected chi connectivity index (χ3v) is 8.25. The zero-order chi connectivity index (χ0) is 23.3. The molecule has 1 heterocycles. The van der Waals surface area contributed by atoms with Gasteiger partial charge in [-0.2, -0.15) is 0 Å². The van der Waals surface area contributed by atoms with E-state index in [0.29, 0.717) is 4.90 Å². The highest BCUT2D eigenvalue weighted by Crippen LogP contribution is 2.31. The first-order chi connectivity index (χ1) is 16.0. The van der Waals surface area contributed by atoms with Crippen molar-refractivity contribution in [3.05, 3.63) is 90.0 Å². The molecular weight excluding hydrogens is 432 g/mol. The SMILES string of the molecule is CCc1ccc(N(C2CCN(Cc3ccc(OC)cc3)CC2)S(=O)(=O)c2ccccc2)cc1. The molecule has 0 aromatic heterocycles. The molecule has 33 heavy (non-hydrogen) atoms. The number of hydrogen-bond donors (Lipinski definition) is 0. The minimum Gasteiger partial charge on any atom is -0.497 e. The first-order valence-electron chi connectivity index (χ1n) is 11.5. The van der Waals surface area contributed by atoms with Gasteiger partial charge < -0.3 is 4.74 Å². The van der Waals surface area contributed by atoms with Crippen LogP contribution in [0.25, 0.3) is 0 Å². The van der Waals surface area contributed by atoms with Crippen molar-refractivity contribution in [1.29, 1.82) is 0 Å². The Balaban J connectivity index is 1.53. The molecule has 3 aromatic carbocycles. The number of anilines is 1. The highest BCUT2D eigenvalue weighted by molar-refractivity contribution is 7.92. The summed E-state index contributed by atoms with van der Waals surface area (Å²) < 4.78 is 34.3. The second kappa shape index (κ2) is 10.4. The van der Waals surface area contributed by atoms with E-state index in [1.54, 1.807) is 35.7 Å². The summed E-state index contributed by atoms with van der Waals surface area (Å²) in [4.78, 5) is 2.73. The molecule has 1 aliphatic rings. The number of nitrogens with zero attached hydrogens (tertiary/aromatic N) is 2. The minimum atomic E-state index is -3.66. The van der Waals surface area contributed by atoms with E-state index >= 15 is 0 Å². The molecule has 1 saturated heterocycles. The van der Waals surface area contributed by atoms with E-state index in [2.05, 4.69) is 24.0 Å². The van der Waals surface area contributed by atoms with Gasteiger partial charge in [-0.1, -0.05) is 49.4 Å². The maximum Gasteiger partial charge on any atom is 0.264 e. The Hall–Kier alpha value is -2.83. The molecule has 1 aliphatic heterocycles. The Morgan fingerprint density at radius 1 is 0.879 bits per heavy atom. The van der Waals surface area contributed by atoms with Crippen LogP contribution in [0.4, 0.5) is 5.69 Å². The fraction of sp³-hybridized carbons (Fsp3) is 0.333. The molecule has 0 atom stereocenters. The normalized spacial score (nSPS) is 15.3. The average molecular weight is 465 g/mol. The molecule has 1 fully saturated rings. The first kappa shape index (κ1) is 23.3. The maximum atomic E-state index is 13.7. The molecule has 174 valence electrons. The van der Waals surface area contributed by atoms with Crippen molar-refractivity contribution < 1.29 is 13.2 Å². The molecule has 6 heteroatoms. The number of sulfonamides is 1. The van der Waals surface area contributed by atoms with Crippen LogP contribution in [0, 0.1) is 0 Å². The summed E-state index contributed by atoms with van der Waals surface area (Å²) in [7, 11) is -1.99. The standard InChI is InChI=1S/C27H32N2O3S/c1-3-22-9-13-24(14-10-22)29(33(30,31)27-7-5-4-6-8-27)25-17-19-28(20-18-25)21-23-11-15-26(32-2)16-12-23/h4-16,25H,3,17-21H2,1-2H3. The van der Waals surface area contributed by atoms with Gasteiger partial charge in [0, 0.05) is 25.7 Å². The van der Waals surface area contributed by atoms with Gasteiger partial charge in [0.25, 0.3) is 10.0 Å². The fourth-order valence-electron chi connectivity index (χ4n) is 4.43. The highest BCUT2D eigenvalue weighted by atomic mass is 32.2. The molecule has 3 aromatic rings. The Kier molecular flexibility index (Phi) is 7.36. The summed E-state index contributed by atoms with van der Waals surface area (Å²) in [5, 5.41) is 0. The number of ether oxygens (including phenoxy) is 1. The average Bonchev–Trinajstić information content (AvgIpc) is 2.86. The van der Waals surface area contributed by atoms with Crippen molar-refractivity contribution in [2.45, 2.75) is 43.7 Å². The van der Waals surface area contributed by atoms with Crippen LogP contribution in [0.1, 0.15) is 30.9 Å². The van der Waals surface area contributed by atoms with Crippen LogP contribution >= 0.6 is 0 Å². The smallest absolute Gasteiger partial charge is 0.264 e. The summed E-state index contributed by atoms with van der Waals surface area (Å²) in [6, 6.07) is 24.8. The van der Waals surface area contributed by atoms with Crippen LogP contribution in [0.2, 0.25) is 0 Å². The van der Waals surface area contributed by atoms with Gasteiger partial charge in [0.2, 0.25) is 0 Å². The van der Waals surface area contributed by atoms with Crippen LogP contribution in [0.3, 0.4) is 0 Å². The summed E-state index contributed by atoms with van der Waals surface area (Å²) in [6.45, 7) is 4.66. The van der Waals surface area contributed by atoms with Crippen molar-refractivity contribution in [3.63, 3.8) is 0 Å². The van der Waals surface area contributed by atoms with Crippen molar-refractivity contribution in [2.75, 3.05) is 24.5 Å². The molecule has 0 aliphatic carbocycles. The molecule has 5 nitrogen and oxygen atoms in total. The van der Waals surface area contributed by atoms with Gasteiger partial charge in [-0.15, -0.1) is 0 Å². The largest absolute Gasteiger partial charge is 0.497 e. The van der Waals surface area contributed by atoms with Crippen molar-refractivity contribution >= 4 is 15.7 Å². The summed E-state index contributed by atoms with van der Waals surface area (Å²) >= 11 is 0. The molecule has 0 saturated carbocycles. The van der Waals surface area contributed by atoms with Gasteiger partial charge in [0.15, 0.2) is 0 Å². The number of benzene rings is 3. The first-order valence-corrected chi connectivity index (χ1v) is 13.0. The van der Waals surface area contributed by atoms with Gasteiger partial charge in [0.05, 0.1) is 17.7 Å². The number of methoxy groups -OCH3 is 1. The lowest BCUT2D eigenvalue weighted by molar-refractivity contribution is 0.206. The van der Waals surface area contributed by atoms with Crippen LogP contribution in [0.15, 0.2) is 83.8 Å². The minimum absolute atomic E-state index is 0.0743. The molecule has 0 bridgehead atoms. The van der Waals surface area contributed by atoms with Crippen LogP contribution in [0.5, 0.6) is 5.75 Å². The third-order valence-electron chi connectivity index (χ3n) is 6.35. The summed E-state index contributed by atoms with van der Waals surface area (Å²) in [6.07, 6.45) is 2.50. The number of rotatable bonds is 8. The Morgan fingerprint density at radius 3 is 2.06 bits per heavy atom. The van der Waals surface area contributed by atoms with Gasteiger partial charge in [-0.05, 0) is 66.8 Å². The molecule has 0 amide bonds. The monoisotopic (exact) mass is 464 g/mol. The zero-order valence-electron chi connectivity index (χ0n) is 19.4. The lowest BCUT2D eigenvalue weighted by Crippen LogP contribution is -2.47. The van der Waals surface area contributed by atoms with E-state index in [0.717, 1.165) is 50.3 Å². The predicted molar refractivity (Wildman–Crippen MR) is 133 cm³/mol. The predicted octanol–water partition coefficient (Wildman–Crippen LogP) is 5.12. The second-order valence-electron chi connectivity index (χ2n) is 8.49. The van der Waals surface area contributed by atoms with E-state index in [4.69, 9.17) is 4.74 Å². The zero-order valence-corrected chi connectivity index (χ0v) is 20.2. The third kappa shape index (κ3) is 5.40. The molecule has 0 radical (unpaired) electrons. The van der Waals surface area contributed by atoms with Gasteiger partial charge in [-0.3, -0.25) is 9.21 Å². The van der Waals surface area contributed by atoms with Gasteiger partial charge in [-0.25, -0.2) is 8.42 Å². The van der Waals surface area contributed by atoms with Crippen LogP contribution in [-0.4, -0.2) is 39.6 Å². The number of hydrogen-bond acceptors (Lipinski definition) is 4. The lowest BCUT2D eigenvalue weighted by Gasteiger charge is -2.39. The topological polar surface area (TPSA) is 49.9 Å². The Labute approximate surface area is 197 Å². The fourth-order valence-corrected chi connectivity index (χ4v) is 6.16. The summed E-state index contributed by atoms with van der Waals surface area (Å²) in [5.41, 5.74) is 3.17. The van der Waals surface area contributed by atoms with E-state index in [1.165, 1.54) is 11.1 Å². The molecule has 0 spiro atoms. The van der Waals surface area contributed by atoms with E-state index in [1.807, 2.05) is 42.5 Å². The molecule has 4 rings (SSSR count). The molecule has 0 N–H and O–H groups in total. The molecular formula is C27H32N2O3S. The van der Waals surface area contributed by atoms with E-state index in [-0.39, 0.29) is 6.04 Å². The second-order valence-corrected chi connectivity index (χ2v) is 10.3. The van der Waals surface area contributed by atoms with Crippen molar-refractivity contribution in [3.8, 4) is 5.75 Å². The van der Waals surface area contributed by atoms with Crippen LogP contribution in [-0.2, 0) is 23.0 Å². The quantitative estimate of drug-likeness (QED) is 0.464. The van der Waals surface area contributed by atoms with Crippen molar-refractivity contribution in [1.82, 2.24) is 4.90 Å². The van der Waals surface area contributed by atoms with Crippen LogP contribution < -0.4 is 9.04 Å². The summed E-state index contributed by atoms with van der Waals surface area (Å²) in [5.74, 6) is 0.855. The van der Waals surface area contributed by atoms with Gasteiger partial charge >= 0.3 is 0 Å². The lowest BCUT2D eigenvalue weighted by atomic mass is 10.0. The Bertz CT molecular complexity index is 1120. The molecule has 0 unspecified atom stereocenters. The highest BCUT2D eigenvalue weighted by Gasteiger charge is 2.34. The Morgan fingerprint density at radius 2 is 1.48 bits per heavy atom. The number of likely N-dealkylation sites (tertiary alicyclic amines) is 1. The number of aryl methyl sites for hydroxylation is 1.